The van der Waals surface area contributed by atoms with E-state index in [2.05, 4.69) is 27.7 Å². The molecule has 0 fully saturated rings. The molecule has 0 aromatic rings. The summed E-state index contributed by atoms with van der Waals surface area (Å²) >= 11 is 0. The van der Waals surface area contributed by atoms with Gasteiger partial charge in [-0.15, -0.1) is 0 Å². The molecule has 0 aromatic carbocycles. The lowest BCUT2D eigenvalue weighted by molar-refractivity contribution is -0.167. The molecule has 380 valence electrons. The van der Waals surface area contributed by atoms with E-state index in [1.54, 1.807) is 0 Å². The van der Waals surface area contributed by atoms with Gasteiger partial charge in [-0.3, -0.25) is 14.4 Å². The zero-order chi connectivity index (χ0) is 46.7. The second kappa shape index (κ2) is 52.4. The van der Waals surface area contributed by atoms with Crippen LogP contribution in [0.4, 0.5) is 0 Å². The molecule has 0 aromatic heterocycles. The van der Waals surface area contributed by atoms with Gasteiger partial charge in [-0.05, 0) is 25.2 Å². The molecule has 1 atom stereocenters. The highest BCUT2D eigenvalue weighted by Gasteiger charge is 2.19. The van der Waals surface area contributed by atoms with Gasteiger partial charge in [0.2, 0.25) is 0 Å². The molecule has 0 amide bonds. The molecule has 0 radical (unpaired) electrons. The molecule has 6 nitrogen and oxygen atoms in total. The molecule has 0 N–H and O–H groups in total. The highest BCUT2D eigenvalue weighted by Crippen LogP contribution is 2.18. The lowest BCUT2D eigenvalue weighted by Gasteiger charge is -2.18. The first-order valence-corrected chi connectivity index (χ1v) is 28.9. The third-order valence-electron chi connectivity index (χ3n) is 13.3. The number of hydrogen-bond donors (Lipinski definition) is 0. The van der Waals surface area contributed by atoms with Crippen LogP contribution in [0.1, 0.15) is 329 Å². The Kier molecular flexibility index (Phi) is 51.1. The minimum Gasteiger partial charge on any atom is -0.462 e. The molecule has 0 saturated heterocycles. The number of ether oxygens (including phenoxy) is 3. The zero-order valence-electron chi connectivity index (χ0n) is 43.8. The van der Waals surface area contributed by atoms with Gasteiger partial charge in [-0.2, -0.15) is 0 Å². The predicted molar refractivity (Wildman–Crippen MR) is 275 cm³/mol. The molecule has 0 spiro atoms. The maximum atomic E-state index is 12.8. The average Bonchev–Trinajstić information content (AvgIpc) is 3.28. The Balaban J connectivity index is 4.28. The number of carbonyl (C=O) groups excluding carboxylic acids is 3. The van der Waals surface area contributed by atoms with E-state index in [4.69, 9.17) is 14.2 Å². The predicted octanol–water partition coefficient (Wildman–Crippen LogP) is 19.0. The van der Waals surface area contributed by atoms with Gasteiger partial charge in [0, 0.05) is 19.3 Å². The summed E-state index contributed by atoms with van der Waals surface area (Å²) in [7, 11) is 0. The normalized spacial score (nSPS) is 12.0. The van der Waals surface area contributed by atoms with E-state index in [1.807, 2.05) is 0 Å². The van der Waals surface area contributed by atoms with Crippen LogP contribution in [0.2, 0.25) is 0 Å². The fourth-order valence-electron chi connectivity index (χ4n) is 8.92. The van der Waals surface area contributed by atoms with Crippen LogP contribution < -0.4 is 0 Å². The fraction of sp³-hybridized carbons (Fsp3) is 0.948. The largest absolute Gasteiger partial charge is 0.462 e. The van der Waals surface area contributed by atoms with Crippen LogP contribution in [0, 0.1) is 5.92 Å². The Hall–Kier alpha value is -1.59. The SMILES string of the molecule is CCCCCCCCCCCCCCCCCCCC(=O)OC[C@@H](COC(=O)CCCCCCCCCCCCCCCC(C)C)OC(=O)CCCCCCCCCCCCCCC. The van der Waals surface area contributed by atoms with Crippen LogP contribution in [0.3, 0.4) is 0 Å². The summed E-state index contributed by atoms with van der Waals surface area (Å²) < 4.78 is 16.9. The zero-order valence-corrected chi connectivity index (χ0v) is 43.8. The highest BCUT2D eigenvalue weighted by molar-refractivity contribution is 5.71. The number of rotatable bonds is 53. The summed E-state index contributed by atoms with van der Waals surface area (Å²) in [5, 5.41) is 0. The molecule has 0 saturated carbocycles. The van der Waals surface area contributed by atoms with E-state index in [0.717, 1.165) is 63.7 Å². The van der Waals surface area contributed by atoms with E-state index in [-0.39, 0.29) is 31.1 Å². The van der Waals surface area contributed by atoms with Crippen molar-refractivity contribution in [2.75, 3.05) is 13.2 Å². The van der Waals surface area contributed by atoms with Crippen molar-refractivity contribution in [3.8, 4) is 0 Å². The van der Waals surface area contributed by atoms with E-state index in [9.17, 15) is 14.4 Å². The third-order valence-corrected chi connectivity index (χ3v) is 13.3. The van der Waals surface area contributed by atoms with Crippen molar-refractivity contribution < 1.29 is 28.6 Å². The van der Waals surface area contributed by atoms with Gasteiger partial charge in [0.25, 0.3) is 0 Å². The molecular weight excluding hydrogens is 793 g/mol. The van der Waals surface area contributed by atoms with Gasteiger partial charge in [0.15, 0.2) is 6.10 Å². The van der Waals surface area contributed by atoms with E-state index >= 15 is 0 Å². The molecule has 0 aliphatic heterocycles. The first-order valence-electron chi connectivity index (χ1n) is 28.9. The second-order valence-electron chi connectivity index (χ2n) is 20.4. The standard InChI is InChI=1S/C58H112O6/c1-5-7-9-11-13-15-17-19-20-21-22-26-29-33-37-41-45-49-56(59)62-52-55(64-58(61)51-47-43-39-35-31-24-18-16-14-12-10-8-6-2)53-63-57(60)50-46-42-38-34-30-27-23-25-28-32-36-40-44-48-54(3)4/h54-55H,5-53H2,1-4H3/t55-/m0/s1. The summed E-state index contributed by atoms with van der Waals surface area (Å²) in [6, 6.07) is 0. The highest BCUT2D eigenvalue weighted by atomic mass is 16.6. The fourth-order valence-corrected chi connectivity index (χ4v) is 8.92. The summed E-state index contributed by atoms with van der Waals surface area (Å²) in [6.45, 7) is 9.06. The number of carbonyl (C=O) groups is 3. The lowest BCUT2D eigenvalue weighted by atomic mass is 10.0. The molecule has 0 heterocycles. The molecular formula is C58H112O6. The molecule has 6 heteroatoms. The molecule has 0 aliphatic carbocycles. The van der Waals surface area contributed by atoms with Crippen LogP contribution >= 0.6 is 0 Å². The van der Waals surface area contributed by atoms with E-state index in [0.29, 0.717) is 19.3 Å². The Morgan fingerprint density at radius 1 is 0.297 bits per heavy atom. The number of unbranched alkanes of at least 4 members (excludes halogenated alkanes) is 40. The Bertz CT molecular complexity index is 964. The number of esters is 3. The monoisotopic (exact) mass is 905 g/mol. The van der Waals surface area contributed by atoms with Crippen molar-refractivity contribution in [3.05, 3.63) is 0 Å². The third kappa shape index (κ3) is 51.4. The molecule has 0 aliphatic rings. The van der Waals surface area contributed by atoms with Crippen LogP contribution in [0.25, 0.3) is 0 Å². The first-order chi connectivity index (χ1) is 31.4. The second-order valence-corrected chi connectivity index (χ2v) is 20.4. The van der Waals surface area contributed by atoms with E-state index in [1.165, 1.54) is 225 Å². The van der Waals surface area contributed by atoms with Crippen molar-refractivity contribution in [1.29, 1.82) is 0 Å². The van der Waals surface area contributed by atoms with Crippen molar-refractivity contribution in [2.45, 2.75) is 336 Å². The minimum atomic E-state index is -0.761. The van der Waals surface area contributed by atoms with E-state index < -0.39 is 6.10 Å². The summed E-state index contributed by atoms with van der Waals surface area (Å²) in [5.41, 5.74) is 0. The first kappa shape index (κ1) is 62.4. The molecule has 0 rings (SSSR count). The van der Waals surface area contributed by atoms with Gasteiger partial charge >= 0.3 is 17.9 Å². The molecule has 0 bridgehead atoms. The van der Waals surface area contributed by atoms with Crippen LogP contribution in [-0.2, 0) is 28.6 Å². The van der Waals surface area contributed by atoms with Crippen molar-refractivity contribution in [2.24, 2.45) is 5.92 Å². The Morgan fingerprint density at radius 2 is 0.516 bits per heavy atom. The smallest absolute Gasteiger partial charge is 0.306 e. The van der Waals surface area contributed by atoms with Crippen molar-refractivity contribution in [3.63, 3.8) is 0 Å². The maximum Gasteiger partial charge on any atom is 0.306 e. The van der Waals surface area contributed by atoms with Crippen LogP contribution in [0.15, 0.2) is 0 Å². The maximum absolute atomic E-state index is 12.8. The molecule has 0 unspecified atom stereocenters. The lowest BCUT2D eigenvalue weighted by Crippen LogP contribution is -2.30. The van der Waals surface area contributed by atoms with Crippen LogP contribution in [-0.4, -0.2) is 37.2 Å². The average molecular weight is 906 g/mol. The summed E-state index contributed by atoms with van der Waals surface area (Å²) in [6.07, 6.45) is 56.6. The van der Waals surface area contributed by atoms with Gasteiger partial charge in [-0.1, -0.05) is 291 Å². The van der Waals surface area contributed by atoms with Crippen molar-refractivity contribution >= 4 is 17.9 Å². The quantitative estimate of drug-likeness (QED) is 0.0344. The van der Waals surface area contributed by atoms with Gasteiger partial charge in [0.1, 0.15) is 13.2 Å². The van der Waals surface area contributed by atoms with Gasteiger partial charge < -0.3 is 14.2 Å². The van der Waals surface area contributed by atoms with Crippen molar-refractivity contribution in [1.82, 2.24) is 0 Å². The van der Waals surface area contributed by atoms with Gasteiger partial charge in [0.05, 0.1) is 0 Å². The summed E-state index contributed by atoms with van der Waals surface area (Å²) in [5.74, 6) is 0.00447. The van der Waals surface area contributed by atoms with Gasteiger partial charge in [-0.25, -0.2) is 0 Å². The molecule has 64 heavy (non-hydrogen) atoms. The Morgan fingerprint density at radius 3 is 0.766 bits per heavy atom. The summed E-state index contributed by atoms with van der Waals surface area (Å²) in [4.78, 5) is 38.1. The minimum absolute atomic E-state index is 0.0618. The topological polar surface area (TPSA) is 78.9 Å². The van der Waals surface area contributed by atoms with Crippen LogP contribution in [0.5, 0.6) is 0 Å². The number of hydrogen-bond acceptors (Lipinski definition) is 6. The Labute approximate surface area is 399 Å².